The summed E-state index contributed by atoms with van der Waals surface area (Å²) in [5.41, 5.74) is 15.7. The minimum atomic E-state index is -0.926. The molecule has 19 rings (SSSR count). The van der Waals surface area contributed by atoms with Gasteiger partial charge in [0.25, 0.3) is 0 Å². The highest BCUT2D eigenvalue weighted by Crippen LogP contribution is 2.61. The van der Waals surface area contributed by atoms with E-state index in [1.165, 1.54) is 0 Å². The highest BCUT2D eigenvalue weighted by molar-refractivity contribution is 8.00. The number of aromatic nitrogens is 2. The first kappa shape index (κ1) is 51.1. The van der Waals surface area contributed by atoms with Crippen LogP contribution in [0.1, 0.15) is 126 Å². The lowest BCUT2D eigenvalue weighted by molar-refractivity contribution is 0.589. The number of para-hydroxylation sites is 2. The number of hydrogen-bond acceptors (Lipinski definition) is 3. The molecule has 0 fully saturated rings. The number of hydrogen-bond donors (Lipinski definition) is 0. The SMILES string of the molecule is [2H]c1c([2H])c([2H])c2c(c1[2H])c1c([2H])c(C#N)c([2H])c([2H])c1n2-c1ccc2c(c1)N(c1c(-c3cccc(C(C)(C)C)c3)cc(C(C)(C)C)cc1-c1cccc(C(C)(C)C)c1)c1cc(-n3c4c([2H])c([2H])c([2H])c([2H])c4c4c([2H])c([N+]#[C-])c([2H])c([2H])c43)cc3c1B2c1ccc2c(c1S3)-c1cc(-c3ccccc3)ccc1C2(c1ccccc1)c1ccccc1. The molecule has 0 unspecified atom stereocenters. The molecule has 14 aromatic carbocycles. The quantitative estimate of drug-likeness (QED) is 0.112. The standard InChI is InChI=1S/C99H76BN5S/c1-96(2,3)68-34-24-28-64(51-68)76-54-70(98(7,8)9)55-77(65-29-25-35-69(52-65)97(4,5)6)94(76)105-89-57-72(103-85-38-22-20-36-74(85)78-50-61(60-101)40-48-87(78)103)43-46-83(89)100-84-47-45-82-92(80-53-63(62-26-14-11-15-27-62)41-44-81(80)99(82,66-30-16-12-17-31-66)67-32-18-13-19-33-67)95(84)106-91-59-73(58-90(105)93(91)100)104-86-39-23-21-37-75(86)79-56-71(102-10)42-49-88(79)104/h11-59H,1-9H3/i20D,21D,22D,23D,36D,37D,38D,39D,40D,42D,48D,49D,50D,56D. The van der Waals surface area contributed by atoms with E-state index in [0.717, 1.165) is 105 Å². The zero-order valence-corrected chi connectivity index (χ0v) is 60.7. The summed E-state index contributed by atoms with van der Waals surface area (Å²) in [6.07, 6.45) is 0. The third kappa shape index (κ3) is 9.90. The van der Waals surface area contributed by atoms with E-state index in [1.807, 2.05) is 66.7 Å². The molecule has 506 valence electrons. The fourth-order valence-corrected chi connectivity index (χ4v) is 18.1. The van der Waals surface area contributed by atoms with Crippen molar-refractivity contribution in [3.8, 4) is 62.0 Å². The van der Waals surface area contributed by atoms with Crippen LogP contribution in [-0.4, -0.2) is 15.8 Å². The van der Waals surface area contributed by atoms with Gasteiger partial charge in [0.2, 0.25) is 6.71 Å². The summed E-state index contributed by atoms with van der Waals surface area (Å²) < 4.78 is 139. The van der Waals surface area contributed by atoms with Gasteiger partial charge in [-0.15, -0.1) is 0 Å². The maximum atomic E-state index is 10.7. The van der Waals surface area contributed by atoms with Crippen LogP contribution in [0.4, 0.5) is 22.7 Å². The molecule has 2 aromatic heterocycles. The van der Waals surface area contributed by atoms with Gasteiger partial charge in [-0.3, -0.25) is 0 Å². The fraction of sp³-hybridized carbons (Fsp3) is 0.131. The Morgan fingerprint density at radius 1 is 0.453 bits per heavy atom. The Balaban J connectivity index is 1.05. The number of anilines is 3. The van der Waals surface area contributed by atoms with Crippen molar-refractivity contribution in [2.75, 3.05) is 4.90 Å². The summed E-state index contributed by atoms with van der Waals surface area (Å²) in [5, 5.41) is 10.3. The van der Waals surface area contributed by atoms with Gasteiger partial charge in [0.15, 0.2) is 5.69 Å². The highest BCUT2D eigenvalue weighted by atomic mass is 32.2. The molecule has 4 heterocycles. The van der Waals surface area contributed by atoms with Gasteiger partial charge in [-0.05, 0) is 184 Å². The van der Waals surface area contributed by atoms with E-state index in [1.54, 1.807) is 20.9 Å². The lowest BCUT2D eigenvalue weighted by Crippen LogP contribution is -2.60. The number of nitriles is 1. The topological polar surface area (TPSA) is 41.2 Å². The van der Waals surface area contributed by atoms with Crippen molar-refractivity contribution in [3.63, 3.8) is 0 Å². The number of benzene rings is 14. The molecule has 0 amide bonds. The lowest BCUT2D eigenvalue weighted by atomic mass is 9.34. The minimum absolute atomic E-state index is 0.0913. The molecule has 7 heteroatoms. The molecule has 0 N–H and O–H groups in total. The van der Waals surface area contributed by atoms with Gasteiger partial charge in [-0.2, -0.15) is 5.26 Å². The predicted molar refractivity (Wildman–Crippen MR) is 446 cm³/mol. The van der Waals surface area contributed by atoms with Gasteiger partial charge in [-0.1, -0.05) is 292 Å². The average Bonchev–Trinajstić information content (AvgIpc) is 1.31. The van der Waals surface area contributed by atoms with Gasteiger partial charge < -0.3 is 14.0 Å². The van der Waals surface area contributed by atoms with E-state index in [2.05, 4.69) is 224 Å². The van der Waals surface area contributed by atoms with Crippen LogP contribution < -0.4 is 21.3 Å². The summed E-state index contributed by atoms with van der Waals surface area (Å²) in [6, 6.07) is 68.7. The first-order valence-electron chi connectivity index (χ1n) is 42.8. The van der Waals surface area contributed by atoms with Gasteiger partial charge in [0, 0.05) is 68.1 Å². The van der Waals surface area contributed by atoms with E-state index in [-0.39, 0.29) is 65.8 Å². The van der Waals surface area contributed by atoms with Crippen LogP contribution >= 0.6 is 11.8 Å². The van der Waals surface area contributed by atoms with Crippen molar-refractivity contribution < 1.29 is 19.2 Å². The largest absolute Gasteiger partial charge is 0.310 e. The Bertz CT molecular complexity index is 7230. The third-order valence-electron chi connectivity index (χ3n) is 21.9. The monoisotopic (exact) mass is 1390 g/mol. The zero-order chi connectivity index (χ0) is 84.5. The van der Waals surface area contributed by atoms with E-state index >= 15 is 0 Å². The molecule has 2 aliphatic heterocycles. The van der Waals surface area contributed by atoms with Gasteiger partial charge in [-0.25, -0.2) is 4.85 Å². The number of fused-ring (bicyclic) bond motifs is 14. The Kier molecular flexibility index (Phi) is 11.6. The summed E-state index contributed by atoms with van der Waals surface area (Å²) in [4.78, 5) is 7.46. The highest BCUT2D eigenvalue weighted by Gasteiger charge is 2.51. The smallest absolute Gasteiger partial charge is 0.249 e. The van der Waals surface area contributed by atoms with Crippen LogP contribution in [0.2, 0.25) is 0 Å². The molecule has 3 aliphatic rings. The van der Waals surface area contributed by atoms with E-state index in [0.29, 0.717) is 22.0 Å². The van der Waals surface area contributed by atoms with Crippen LogP contribution in [0.3, 0.4) is 0 Å². The zero-order valence-electron chi connectivity index (χ0n) is 73.9. The van der Waals surface area contributed by atoms with Gasteiger partial charge in [0.1, 0.15) is 0 Å². The molecule has 0 saturated heterocycles. The maximum absolute atomic E-state index is 10.7. The summed E-state index contributed by atoms with van der Waals surface area (Å²) >= 11 is 1.56. The fourth-order valence-electron chi connectivity index (χ4n) is 16.8. The molecule has 0 spiro atoms. The van der Waals surface area contributed by atoms with Crippen molar-refractivity contribution in [1.82, 2.24) is 9.13 Å². The van der Waals surface area contributed by atoms with Crippen molar-refractivity contribution in [2.24, 2.45) is 0 Å². The number of rotatable bonds is 8. The Hall–Kier alpha value is -12.1. The van der Waals surface area contributed by atoms with Crippen molar-refractivity contribution in [3.05, 3.63) is 353 Å². The molecule has 0 saturated carbocycles. The summed E-state index contributed by atoms with van der Waals surface area (Å²) in [6.45, 7) is 27.3. The second-order valence-corrected chi connectivity index (χ2v) is 32.2. The lowest BCUT2D eigenvalue weighted by Gasteiger charge is -2.43. The van der Waals surface area contributed by atoms with E-state index in [4.69, 9.17) is 6.57 Å². The maximum Gasteiger partial charge on any atom is 0.249 e. The normalized spacial score (nSPS) is 15.3. The third-order valence-corrected chi connectivity index (χ3v) is 23.1. The Morgan fingerprint density at radius 2 is 0.991 bits per heavy atom. The molecular weight excluding hydrogens is 1300 g/mol. The van der Waals surface area contributed by atoms with Crippen molar-refractivity contribution in [2.45, 2.75) is 93.8 Å². The van der Waals surface area contributed by atoms with Crippen molar-refractivity contribution >= 4 is 101 Å². The Labute approximate surface area is 644 Å². The molecule has 5 nitrogen and oxygen atoms in total. The molecular formula is C99H76BN5S. The summed E-state index contributed by atoms with van der Waals surface area (Å²) in [7, 11) is 0. The molecule has 0 atom stereocenters. The van der Waals surface area contributed by atoms with E-state index in [9.17, 15) is 24.5 Å². The molecule has 0 bridgehead atoms. The van der Waals surface area contributed by atoms with Crippen LogP contribution in [0, 0.1) is 17.9 Å². The predicted octanol–water partition coefficient (Wildman–Crippen LogP) is 24.3. The van der Waals surface area contributed by atoms with Crippen LogP contribution in [0.15, 0.2) is 307 Å². The van der Waals surface area contributed by atoms with Crippen LogP contribution in [0.5, 0.6) is 0 Å². The summed E-state index contributed by atoms with van der Waals surface area (Å²) in [5.74, 6) is 0. The molecule has 106 heavy (non-hydrogen) atoms. The van der Waals surface area contributed by atoms with Crippen molar-refractivity contribution in [1.29, 1.82) is 5.26 Å². The molecule has 0 radical (unpaired) electrons. The van der Waals surface area contributed by atoms with E-state index < -0.39 is 113 Å². The second-order valence-electron chi connectivity index (χ2n) is 31.1. The number of nitrogens with zero attached hydrogens (tertiary/aromatic N) is 5. The van der Waals surface area contributed by atoms with Crippen LogP contribution in [-0.2, 0) is 21.7 Å². The first-order chi connectivity index (χ1) is 57.2. The van der Waals surface area contributed by atoms with Crippen LogP contribution in [0.25, 0.3) is 104 Å². The molecule has 16 aromatic rings. The van der Waals surface area contributed by atoms with Gasteiger partial charge >= 0.3 is 0 Å². The average molecular weight is 1390 g/mol. The second kappa shape index (κ2) is 24.0. The van der Waals surface area contributed by atoms with Gasteiger partial charge in [0.05, 0.1) is 67.8 Å². The first-order valence-corrected chi connectivity index (χ1v) is 36.6. The Morgan fingerprint density at radius 3 is 1.59 bits per heavy atom. The minimum Gasteiger partial charge on any atom is -0.310 e. The molecule has 1 aliphatic carbocycles.